The van der Waals surface area contributed by atoms with Gasteiger partial charge in [-0.15, -0.1) is 0 Å². The smallest absolute Gasteiger partial charge is 0.322 e. The largest absolute Gasteiger partial charge is 0.480 e. The van der Waals surface area contributed by atoms with E-state index in [4.69, 9.17) is 5.11 Å². The number of carbonyl (C=O) groups is 2. The number of benzene rings is 2. The first kappa shape index (κ1) is 17.3. The van der Waals surface area contributed by atoms with Crippen LogP contribution in [-0.2, 0) is 11.2 Å². The van der Waals surface area contributed by atoms with E-state index >= 15 is 0 Å². The summed E-state index contributed by atoms with van der Waals surface area (Å²) in [7, 11) is 0. The fraction of sp³-hybridized carbons (Fsp3) is 0.105. The van der Waals surface area contributed by atoms with Gasteiger partial charge in [-0.1, -0.05) is 24.3 Å². The molecule has 0 spiro atoms. The van der Waals surface area contributed by atoms with Crippen LogP contribution in [0.4, 0.5) is 4.39 Å². The predicted molar refractivity (Wildman–Crippen MR) is 93.7 cm³/mol. The maximum absolute atomic E-state index is 13.8. The summed E-state index contributed by atoms with van der Waals surface area (Å²) in [4.78, 5) is 38.0. The van der Waals surface area contributed by atoms with Gasteiger partial charge < -0.3 is 15.4 Å². The molecule has 3 rings (SSSR count). The van der Waals surface area contributed by atoms with Gasteiger partial charge in [-0.2, -0.15) is 0 Å². The van der Waals surface area contributed by atoms with E-state index in [1.807, 2.05) is 0 Å². The fourth-order valence-corrected chi connectivity index (χ4v) is 2.66. The third kappa shape index (κ3) is 3.61. The standard InChI is InChI=1S/C19H15FN2O4/c20-15-4-2-1-3-12(15)7-11-5-6-16-13(8-11)18(25)14(9-21-16)19(26)22-10-17(23)24/h1-6,8-9H,7,10H2,(H,21,25)(H,22,26)(H,23,24). The number of fused-ring (bicyclic) bond motifs is 1. The van der Waals surface area contributed by atoms with Gasteiger partial charge in [0.05, 0.1) is 0 Å². The molecule has 26 heavy (non-hydrogen) atoms. The van der Waals surface area contributed by atoms with Crippen LogP contribution < -0.4 is 10.7 Å². The van der Waals surface area contributed by atoms with Crippen LogP contribution in [0, 0.1) is 5.82 Å². The van der Waals surface area contributed by atoms with Crippen LogP contribution >= 0.6 is 0 Å². The highest BCUT2D eigenvalue weighted by atomic mass is 19.1. The Morgan fingerprint density at radius 1 is 1.15 bits per heavy atom. The number of halogens is 1. The number of H-pyrrole nitrogens is 1. The molecular formula is C19H15FN2O4. The Labute approximate surface area is 147 Å². The summed E-state index contributed by atoms with van der Waals surface area (Å²) in [6, 6.07) is 11.4. The maximum atomic E-state index is 13.8. The minimum atomic E-state index is -1.21. The van der Waals surface area contributed by atoms with Gasteiger partial charge in [-0.25, -0.2) is 4.39 Å². The predicted octanol–water partition coefficient (Wildman–Crippen LogP) is 2.07. The van der Waals surface area contributed by atoms with Gasteiger partial charge in [0.2, 0.25) is 5.43 Å². The van der Waals surface area contributed by atoms with E-state index in [2.05, 4.69) is 10.3 Å². The molecule has 0 bridgehead atoms. The number of pyridine rings is 1. The van der Waals surface area contributed by atoms with Gasteiger partial charge in [0.1, 0.15) is 17.9 Å². The van der Waals surface area contributed by atoms with E-state index in [9.17, 15) is 18.8 Å². The SMILES string of the molecule is O=C(O)CNC(=O)c1c[nH]c2ccc(Cc3ccccc3F)cc2c1=O. The van der Waals surface area contributed by atoms with Crippen molar-refractivity contribution in [3.05, 3.63) is 81.4 Å². The first-order valence-corrected chi connectivity index (χ1v) is 7.83. The highest BCUT2D eigenvalue weighted by Gasteiger charge is 2.14. The van der Waals surface area contributed by atoms with Crippen LogP contribution in [0.2, 0.25) is 0 Å². The van der Waals surface area contributed by atoms with Crippen LogP contribution in [0.5, 0.6) is 0 Å². The number of amides is 1. The number of rotatable bonds is 5. The molecule has 7 heteroatoms. The summed E-state index contributed by atoms with van der Waals surface area (Å²) in [5.74, 6) is -2.30. The lowest BCUT2D eigenvalue weighted by atomic mass is 10.0. The van der Waals surface area contributed by atoms with Crippen LogP contribution in [0.3, 0.4) is 0 Å². The van der Waals surface area contributed by atoms with Crippen LogP contribution in [0.1, 0.15) is 21.5 Å². The molecule has 1 aromatic heterocycles. The van der Waals surface area contributed by atoms with Gasteiger partial charge in [0.15, 0.2) is 0 Å². The van der Waals surface area contributed by atoms with Crippen molar-refractivity contribution in [2.75, 3.05) is 6.54 Å². The quantitative estimate of drug-likeness (QED) is 0.653. The van der Waals surface area contributed by atoms with Crippen molar-refractivity contribution in [1.82, 2.24) is 10.3 Å². The molecule has 3 aromatic rings. The molecule has 1 amide bonds. The highest BCUT2D eigenvalue weighted by molar-refractivity contribution is 5.98. The number of aromatic amines is 1. The topological polar surface area (TPSA) is 99.3 Å². The van der Waals surface area contributed by atoms with Crippen LogP contribution in [0.15, 0.2) is 53.5 Å². The Kier molecular flexibility index (Phi) is 4.79. The monoisotopic (exact) mass is 354 g/mol. The lowest BCUT2D eigenvalue weighted by molar-refractivity contribution is -0.135. The lowest BCUT2D eigenvalue weighted by Crippen LogP contribution is -2.32. The number of carboxylic acids is 1. The van der Waals surface area contributed by atoms with Gasteiger partial charge in [-0.3, -0.25) is 14.4 Å². The number of carbonyl (C=O) groups excluding carboxylic acids is 1. The van der Waals surface area contributed by atoms with Crippen LogP contribution in [-0.4, -0.2) is 28.5 Å². The number of nitrogens with one attached hydrogen (secondary N) is 2. The van der Waals surface area contributed by atoms with Crippen molar-refractivity contribution in [3.8, 4) is 0 Å². The second-order valence-corrected chi connectivity index (χ2v) is 5.76. The molecule has 0 radical (unpaired) electrons. The molecule has 0 fully saturated rings. The molecule has 0 saturated heterocycles. The summed E-state index contributed by atoms with van der Waals surface area (Å²) in [5, 5.41) is 11.1. The van der Waals surface area contributed by atoms with E-state index in [0.717, 1.165) is 5.56 Å². The van der Waals surface area contributed by atoms with Gasteiger partial charge in [0, 0.05) is 23.5 Å². The molecule has 0 saturated carbocycles. The summed E-state index contributed by atoms with van der Waals surface area (Å²) < 4.78 is 13.8. The molecule has 2 aromatic carbocycles. The zero-order valence-corrected chi connectivity index (χ0v) is 13.6. The third-order valence-electron chi connectivity index (χ3n) is 3.94. The highest BCUT2D eigenvalue weighted by Crippen LogP contribution is 2.17. The molecule has 0 aliphatic heterocycles. The Hall–Kier alpha value is -3.48. The summed E-state index contributed by atoms with van der Waals surface area (Å²) in [6.45, 7) is -0.580. The Morgan fingerprint density at radius 3 is 2.65 bits per heavy atom. The van der Waals surface area contributed by atoms with Crippen molar-refractivity contribution in [2.24, 2.45) is 0 Å². The summed E-state index contributed by atoms with van der Waals surface area (Å²) >= 11 is 0. The Morgan fingerprint density at radius 2 is 1.92 bits per heavy atom. The van der Waals surface area contributed by atoms with Crippen molar-refractivity contribution in [2.45, 2.75) is 6.42 Å². The van der Waals surface area contributed by atoms with Crippen molar-refractivity contribution < 1.29 is 19.1 Å². The molecule has 0 atom stereocenters. The number of carboxylic acid groups (broad SMARTS) is 1. The number of hydrogen-bond acceptors (Lipinski definition) is 3. The van der Waals surface area contributed by atoms with E-state index < -0.39 is 23.9 Å². The number of aromatic nitrogens is 1. The van der Waals surface area contributed by atoms with Crippen molar-refractivity contribution >= 4 is 22.8 Å². The van der Waals surface area contributed by atoms with Gasteiger partial charge in [0.25, 0.3) is 5.91 Å². The first-order valence-electron chi connectivity index (χ1n) is 7.83. The minimum Gasteiger partial charge on any atom is -0.480 e. The third-order valence-corrected chi connectivity index (χ3v) is 3.94. The molecule has 0 aliphatic rings. The zero-order chi connectivity index (χ0) is 18.7. The van der Waals surface area contributed by atoms with Crippen LogP contribution in [0.25, 0.3) is 10.9 Å². The number of hydrogen-bond donors (Lipinski definition) is 3. The normalized spacial score (nSPS) is 10.7. The van der Waals surface area contributed by atoms with Crippen molar-refractivity contribution in [1.29, 1.82) is 0 Å². The van der Waals surface area contributed by atoms with Gasteiger partial charge >= 0.3 is 5.97 Å². The summed E-state index contributed by atoms with van der Waals surface area (Å²) in [6.07, 6.45) is 1.55. The van der Waals surface area contributed by atoms with E-state index in [1.54, 1.807) is 36.4 Å². The molecule has 6 nitrogen and oxygen atoms in total. The second-order valence-electron chi connectivity index (χ2n) is 5.76. The number of aliphatic carboxylic acids is 1. The second kappa shape index (κ2) is 7.18. The Balaban J connectivity index is 1.96. The van der Waals surface area contributed by atoms with E-state index in [-0.39, 0.29) is 16.8 Å². The lowest BCUT2D eigenvalue weighted by Gasteiger charge is -2.07. The van der Waals surface area contributed by atoms with Gasteiger partial charge in [-0.05, 0) is 29.3 Å². The van der Waals surface area contributed by atoms with E-state index in [0.29, 0.717) is 17.5 Å². The average molecular weight is 354 g/mol. The van der Waals surface area contributed by atoms with Crippen molar-refractivity contribution in [3.63, 3.8) is 0 Å². The molecule has 0 unspecified atom stereocenters. The first-order chi connectivity index (χ1) is 12.5. The maximum Gasteiger partial charge on any atom is 0.322 e. The minimum absolute atomic E-state index is 0.179. The molecule has 0 aliphatic carbocycles. The molecular weight excluding hydrogens is 339 g/mol. The fourth-order valence-electron chi connectivity index (χ4n) is 2.66. The Bertz CT molecular complexity index is 1060. The molecule has 1 heterocycles. The summed E-state index contributed by atoms with van der Waals surface area (Å²) in [5.41, 5.74) is 1.05. The average Bonchev–Trinajstić information content (AvgIpc) is 2.62. The van der Waals surface area contributed by atoms with E-state index in [1.165, 1.54) is 12.3 Å². The molecule has 3 N–H and O–H groups in total. The molecule has 132 valence electrons. The zero-order valence-electron chi connectivity index (χ0n) is 13.6.